The number of hydrogen-bond acceptors (Lipinski definition) is 3. The Labute approximate surface area is 144 Å². The van der Waals surface area contributed by atoms with E-state index in [-0.39, 0.29) is 6.03 Å². The SMILES string of the molecule is Cc1ccc(NC(=O)NCC(C)CN2CCN(C)CC2)c(Cl)c1. The van der Waals surface area contributed by atoms with Gasteiger partial charge in [0.1, 0.15) is 0 Å². The van der Waals surface area contributed by atoms with Crippen LogP contribution in [0.15, 0.2) is 18.2 Å². The van der Waals surface area contributed by atoms with E-state index in [4.69, 9.17) is 11.6 Å². The lowest BCUT2D eigenvalue weighted by molar-refractivity contribution is 0.138. The molecule has 23 heavy (non-hydrogen) atoms. The third-order valence-electron chi connectivity index (χ3n) is 4.15. The summed E-state index contributed by atoms with van der Waals surface area (Å²) in [6.45, 7) is 10.2. The fraction of sp³-hybridized carbons (Fsp3) is 0.588. The maximum Gasteiger partial charge on any atom is 0.319 e. The fourth-order valence-corrected chi connectivity index (χ4v) is 2.97. The Morgan fingerprint density at radius 3 is 2.65 bits per heavy atom. The molecule has 0 aliphatic carbocycles. The molecule has 0 spiro atoms. The number of piperazine rings is 1. The predicted molar refractivity (Wildman–Crippen MR) is 96.3 cm³/mol. The van der Waals surface area contributed by atoms with Gasteiger partial charge >= 0.3 is 6.03 Å². The number of nitrogens with one attached hydrogen (secondary N) is 2. The molecule has 1 saturated heterocycles. The van der Waals surface area contributed by atoms with Gasteiger partial charge in [0.15, 0.2) is 0 Å². The van der Waals surface area contributed by atoms with Crippen LogP contribution < -0.4 is 10.6 Å². The lowest BCUT2D eigenvalue weighted by Gasteiger charge is -2.33. The standard InChI is InChI=1S/C17H27ClN4O/c1-13-4-5-16(15(18)10-13)20-17(23)19-11-14(2)12-22-8-6-21(3)7-9-22/h4-5,10,14H,6-9,11-12H2,1-3H3,(H2,19,20,23). The molecule has 0 aromatic heterocycles. The highest BCUT2D eigenvalue weighted by molar-refractivity contribution is 6.33. The molecule has 128 valence electrons. The maximum absolute atomic E-state index is 12.0. The summed E-state index contributed by atoms with van der Waals surface area (Å²) in [4.78, 5) is 16.8. The summed E-state index contributed by atoms with van der Waals surface area (Å²) in [5.74, 6) is 0.414. The van der Waals surface area contributed by atoms with Crippen LogP contribution in [0.2, 0.25) is 5.02 Å². The van der Waals surface area contributed by atoms with Crippen molar-refractivity contribution in [3.8, 4) is 0 Å². The van der Waals surface area contributed by atoms with Crippen LogP contribution in [-0.2, 0) is 0 Å². The molecular formula is C17H27ClN4O. The number of amides is 2. The number of hydrogen-bond donors (Lipinski definition) is 2. The van der Waals surface area contributed by atoms with Gasteiger partial charge in [0.05, 0.1) is 10.7 Å². The first-order valence-electron chi connectivity index (χ1n) is 8.16. The largest absolute Gasteiger partial charge is 0.338 e. The van der Waals surface area contributed by atoms with E-state index in [1.165, 1.54) is 0 Å². The Balaban J connectivity index is 1.71. The van der Waals surface area contributed by atoms with Gasteiger partial charge in [0, 0.05) is 39.3 Å². The summed E-state index contributed by atoms with van der Waals surface area (Å²) < 4.78 is 0. The quantitative estimate of drug-likeness (QED) is 0.867. The summed E-state index contributed by atoms with van der Waals surface area (Å²) in [5, 5.41) is 6.29. The number of rotatable bonds is 5. The van der Waals surface area contributed by atoms with Crippen LogP contribution >= 0.6 is 11.6 Å². The van der Waals surface area contributed by atoms with E-state index in [0.717, 1.165) is 38.3 Å². The second-order valence-electron chi connectivity index (χ2n) is 6.53. The summed E-state index contributed by atoms with van der Waals surface area (Å²) in [6, 6.07) is 5.39. The molecule has 1 heterocycles. The molecule has 0 saturated carbocycles. The van der Waals surface area contributed by atoms with Crippen molar-refractivity contribution in [3.05, 3.63) is 28.8 Å². The molecule has 2 amide bonds. The maximum atomic E-state index is 12.0. The molecule has 6 heteroatoms. The minimum absolute atomic E-state index is 0.207. The Morgan fingerprint density at radius 2 is 2.00 bits per heavy atom. The monoisotopic (exact) mass is 338 g/mol. The molecule has 2 rings (SSSR count). The highest BCUT2D eigenvalue weighted by Crippen LogP contribution is 2.22. The van der Waals surface area contributed by atoms with Crippen LogP contribution in [0.4, 0.5) is 10.5 Å². The third kappa shape index (κ3) is 6.01. The van der Waals surface area contributed by atoms with Gasteiger partial charge in [-0.3, -0.25) is 0 Å². The normalized spacial score (nSPS) is 17.7. The Morgan fingerprint density at radius 1 is 1.30 bits per heavy atom. The van der Waals surface area contributed by atoms with Gasteiger partial charge in [0.2, 0.25) is 0 Å². The third-order valence-corrected chi connectivity index (χ3v) is 4.46. The zero-order valence-corrected chi connectivity index (χ0v) is 15.0. The molecule has 1 unspecified atom stereocenters. The molecule has 1 aromatic rings. The zero-order chi connectivity index (χ0) is 16.8. The number of carbonyl (C=O) groups excluding carboxylic acids is 1. The van der Waals surface area contributed by atoms with Crippen molar-refractivity contribution in [1.29, 1.82) is 0 Å². The first-order valence-corrected chi connectivity index (χ1v) is 8.53. The van der Waals surface area contributed by atoms with Gasteiger partial charge in [-0.05, 0) is 37.6 Å². The van der Waals surface area contributed by atoms with Gasteiger partial charge in [0.25, 0.3) is 0 Å². The van der Waals surface area contributed by atoms with Crippen molar-refractivity contribution < 1.29 is 4.79 Å². The van der Waals surface area contributed by atoms with Crippen LogP contribution in [0, 0.1) is 12.8 Å². The van der Waals surface area contributed by atoms with Crippen molar-refractivity contribution in [2.45, 2.75) is 13.8 Å². The predicted octanol–water partition coefficient (Wildman–Crippen LogP) is 2.65. The molecule has 1 aliphatic rings. The average Bonchev–Trinajstić information content (AvgIpc) is 2.50. The number of carbonyl (C=O) groups is 1. The number of halogens is 1. The topological polar surface area (TPSA) is 47.6 Å². The fourth-order valence-electron chi connectivity index (χ4n) is 2.69. The Bertz CT molecular complexity index is 529. The Hall–Kier alpha value is -1.30. The number of urea groups is 1. The van der Waals surface area contributed by atoms with E-state index in [9.17, 15) is 4.79 Å². The van der Waals surface area contributed by atoms with Crippen molar-refractivity contribution in [1.82, 2.24) is 15.1 Å². The molecule has 5 nitrogen and oxygen atoms in total. The van der Waals surface area contributed by atoms with Crippen LogP contribution in [0.1, 0.15) is 12.5 Å². The minimum Gasteiger partial charge on any atom is -0.338 e. The summed E-state index contributed by atoms with van der Waals surface area (Å²) in [7, 11) is 2.16. The van der Waals surface area contributed by atoms with E-state index in [0.29, 0.717) is 23.2 Å². The second-order valence-corrected chi connectivity index (χ2v) is 6.93. The summed E-state index contributed by atoms with van der Waals surface area (Å²) in [5.41, 5.74) is 1.71. The van der Waals surface area contributed by atoms with Crippen molar-refractivity contribution in [2.75, 3.05) is 51.6 Å². The van der Waals surface area contributed by atoms with E-state index in [1.807, 2.05) is 25.1 Å². The van der Waals surface area contributed by atoms with Gasteiger partial charge in [-0.25, -0.2) is 4.79 Å². The van der Waals surface area contributed by atoms with Gasteiger partial charge in [-0.2, -0.15) is 0 Å². The van der Waals surface area contributed by atoms with Crippen LogP contribution in [0.3, 0.4) is 0 Å². The number of anilines is 1. The van der Waals surface area contributed by atoms with Gasteiger partial charge in [-0.15, -0.1) is 0 Å². The average molecular weight is 339 g/mol. The molecule has 1 aliphatic heterocycles. The molecule has 0 bridgehead atoms. The minimum atomic E-state index is -0.207. The van der Waals surface area contributed by atoms with E-state index < -0.39 is 0 Å². The first kappa shape index (κ1) is 18.0. The van der Waals surface area contributed by atoms with Crippen LogP contribution in [-0.4, -0.2) is 62.1 Å². The number of nitrogens with zero attached hydrogens (tertiary/aromatic N) is 2. The summed E-state index contributed by atoms with van der Waals surface area (Å²) >= 11 is 6.12. The lowest BCUT2D eigenvalue weighted by Crippen LogP contribution is -2.47. The molecule has 2 N–H and O–H groups in total. The smallest absolute Gasteiger partial charge is 0.319 e. The van der Waals surface area contributed by atoms with Crippen molar-refractivity contribution >= 4 is 23.3 Å². The molecule has 1 fully saturated rings. The zero-order valence-electron chi connectivity index (χ0n) is 14.2. The van der Waals surface area contributed by atoms with Gasteiger partial charge < -0.3 is 20.4 Å². The molecular weight excluding hydrogens is 312 g/mol. The first-order chi connectivity index (χ1) is 10.9. The van der Waals surface area contributed by atoms with Crippen LogP contribution in [0.25, 0.3) is 0 Å². The van der Waals surface area contributed by atoms with E-state index >= 15 is 0 Å². The van der Waals surface area contributed by atoms with Crippen LogP contribution in [0.5, 0.6) is 0 Å². The lowest BCUT2D eigenvalue weighted by atomic mass is 10.1. The number of likely N-dealkylation sites (N-methyl/N-ethyl adjacent to an activating group) is 1. The molecule has 1 aromatic carbocycles. The van der Waals surface area contributed by atoms with E-state index in [2.05, 4.69) is 34.4 Å². The van der Waals surface area contributed by atoms with Gasteiger partial charge in [-0.1, -0.05) is 24.6 Å². The molecule has 0 radical (unpaired) electrons. The Kier molecular flexibility index (Phi) is 6.69. The van der Waals surface area contributed by atoms with E-state index in [1.54, 1.807) is 0 Å². The summed E-state index contributed by atoms with van der Waals surface area (Å²) in [6.07, 6.45) is 0. The highest BCUT2D eigenvalue weighted by atomic mass is 35.5. The van der Waals surface area contributed by atoms with Crippen molar-refractivity contribution in [3.63, 3.8) is 0 Å². The number of benzene rings is 1. The highest BCUT2D eigenvalue weighted by Gasteiger charge is 2.16. The second kappa shape index (κ2) is 8.52. The number of aryl methyl sites for hydroxylation is 1. The van der Waals surface area contributed by atoms with Crippen molar-refractivity contribution in [2.24, 2.45) is 5.92 Å². The molecule has 1 atom stereocenters.